The quantitative estimate of drug-likeness (QED) is 0.794. The first kappa shape index (κ1) is 16.7. The Hall–Kier alpha value is -0.650. The summed E-state index contributed by atoms with van der Waals surface area (Å²) in [5.41, 5.74) is 5.48. The first-order chi connectivity index (χ1) is 10.1. The molecule has 2 aliphatic rings. The van der Waals surface area contributed by atoms with Gasteiger partial charge in [0.2, 0.25) is 5.91 Å². The fraction of sp³-hybridized carbons (Fsp3) is 0.938. The lowest BCUT2D eigenvalue weighted by atomic mass is 9.79. The van der Waals surface area contributed by atoms with Crippen molar-refractivity contribution in [1.82, 2.24) is 10.2 Å². The Morgan fingerprint density at radius 2 is 2.19 bits per heavy atom. The normalized spacial score (nSPS) is 28.0. The van der Waals surface area contributed by atoms with E-state index >= 15 is 0 Å². The number of amides is 1. The average Bonchev–Trinajstić information content (AvgIpc) is 2.47. The fourth-order valence-electron chi connectivity index (χ4n) is 3.55. The minimum Gasteiger partial charge on any atom is -0.381 e. The van der Waals surface area contributed by atoms with Crippen molar-refractivity contribution in [3.63, 3.8) is 0 Å². The molecule has 0 aliphatic carbocycles. The number of piperidine rings is 1. The number of nitrogens with two attached hydrogens (primary N) is 1. The first-order valence-electron chi connectivity index (χ1n) is 8.37. The fourth-order valence-corrected chi connectivity index (χ4v) is 3.55. The Bertz CT molecular complexity index is 342. The number of ether oxygens (including phenoxy) is 1. The van der Waals surface area contributed by atoms with Crippen molar-refractivity contribution in [2.24, 2.45) is 17.1 Å². The first-order valence-corrected chi connectivity index (χ1v) is 8.37. The van der Waals surface area contributed by atoms with Crippen LogP contribution in [0.1, 0.15) is 39.5 Å². The van der Waals surface area contributed by atoms with Gasteiger partial charge in [-0.2, -0.15) is 0 Å². The molecule has 5 heteroatoms. The smallest absolute Gasteiger partial charge is 0.227 e. The summed E-state index contributed by atoms with van der Waals surface area (Å²) in [6.45, 7) is 9.34. The molecule has 0 aromatic heterocycles. The van der Waals surface area contributed by atoms with Crippen LogP contribution >= 0.6 is 0 Å². The van der Waals surface area contributed by atoms with E-state index < -0.39 is 5.41 Å². The number of hydrogen-bond acceptors (Lipinski definition) is 4. The summed E-state index contributed by atoms with van der Waals surface area (Å²) in [5.74, 6) is 0.887. The number of carbonyl (C=O) groups is 1. The lowest BCUT2D eigenvalue weighted by Crippen LogP contribution is -2.53. The largest absolute Gasteiger partial charge is 0.381 e. The number of nitrogens with one attached hydrogen (secondary N) is 1. The molecule has 0 aromatic rings. The summed E-state index contributed by atoms with van der Waals surface area (Å²) in [6.07, 6.45) is 4.07. The number of nitrogens with zero attached hydrogens (tertiary/aromatic N) is 1. The van der Waals surface area contributed by atoms with E-state index in [4.69, 9.17) is 10.5 Å². The molecule has 1 amide bonds. The van der Waals surface area contributed by atoms with E-state index in [9.17, 15) is 4.79 Å². The highest BCUT2D eigenvalue weighted by Crippen LogP contribution is 2.29. The molecule has 2 saturated heterocycles. The van der Waals surface area contributed by atoms with Crippen LogP contribution in [-0.4, -0.2) is 56.2 Å². The zero-order valence-electron chi connectivity index (χ0n) is 13.6. The van der Waals surface area contributed by atoms with Gasteiger partial charge in [-0.25, -0.2) is 0 Å². The summed E-state index contributed by atoms with van der Waals surface area (Å²) >= 11 is 0. The van der Waals surface area contributed by atoms with Gasteiger partial charge < -0.3 is 20.7 Å². The third kappa shape index (κ3) is 4.41. The van der Waals surface area contributed by atoms with Gasteiger partial charge in [-0.15, -0.1) is 0 Å². The molecule has 122 valence electrons. The number of rotatable bonds is 5. The topological polar surface area (TPSA) is 67.6 Å². The molecule has 2 unspecified atom stereocenters. The molecule has 0 spiro atoms. The number of carbonyl (C=O) groups excluding carboxylic acids is 1. The van der Waals surface area contributed by atoms with Crippen molar-refractivity contribution in [2.45, 2.75) is 45.6 Å². The molecule has 3 N–H and O–H groups in total. The van der Waals surface area contributed by atoms with Gasteiger partial charge in [0.15, 0.2) is 0 Å². The molecule has 2 atom stereocenters. The summed E-state index contributed by atoms with van der Waals surface area (Å²) in [4.78, 5) is 15.1. The molecule has 0 aromatic carbocycles. The van der Waals surface area contributed by atoms with Crippen LogP contribution in [0.3, 0.4) is 0 Å². The second kappa shape index (κ2) is 7.56. The lowest BCUT2D eigenvalue weighted by Gasteiger charge is -2.37. The molecule has 0 bridgehead atoms. The van der Waals surface area contributed by atoms with Crippen LogP contribution < -0.4 is 11.1 Å². The van der Waals surface area contributed by atoms with Crippen LogP contribution in [-0.2, 0) is 9.53 Å². The Labute approximate surface area is 128 Å². The molecule has 2 fully saturated rings. The van der Waals surface area contributed by atoms with Crippen molar-refractivity contribution in [3.05, 3.63) is 0 Å². The third-order valence-electron chi connectivity index (χ3n) is 4.97. The molecular formula is C16H31N3O2. The van der Waals surface area contributed by atoms with Crippen molar-refractivity contribution >= 4 is 5.91 Å². The highest BCUT2D eigenvalue weighted by molar-refractivity contribution is 5.83. The molecule has 2 heterocycles. The zero-order valence-corrected chi connectivity index (χ0v) is 13.6. The van der Waals surface area contributed by atoms with Crippen LogP contribution in [0.15, 0.2) is 0 Å². The van der Waals surface area contributed by atoms with E-state index in [0.29, 0.717) is 19.8 Å². The Kier molecular flexibility index (Phi) is 6.02. The summed E-state index contributed by atoms with van der Waals surface area (Å²) in [6, 6.07) is 0.175. The minimum absolute atomic E-state index is 0.117. The van der Waals surface area contributed by atoms with Gasteiger partial charge in [0.25, 0.3) is 0 Å². The molecule has 2 rings (SSSR count). The van der Waals surface area contributed by atoms with E-state index in [1.807, 2.05) is 0 Å². The van der Waals surface area contributed by atoms with Gasteiger partial charge in [-0.3, -0.25) is 4.79 Å². The van der Waals surface area contributed by atoms with Gasteiger partial charge in [-0.05, 0) is 45.1 Å². The van der Waals surface area contributed by atoms with E-state index in [2.05, 4.69) is 24.1 Å². The van der Waals surface area contributed by atoms with Gasteiger partial charge in [0, 0.05) is 38.9 Å². The monoisotopic (exact) mass is 297 g/mol. The van der Waals surface area contributed by atoms with Gasteiger partial charge >= 0.3 is 0 Å². The SMILES string of the molecule is CC1CCCN(CC(C)NC(=O)C2(CN)CCOCC2)C1. The second-order valence-electron chi connectivity index (χ2n) is 6.98. The maximum Gasteiger partial charge on any atom is 0.227 e. The summed E-state index contributed by atoms with van der Waals surface area (Å²) in [5, 5.41) is 3.19. The Balaban J connectivity index is 1.83. The van der Waals surface area contributed by atoms with Crippen molar-refractivity contribution in [3.8, 4) is 0 Å². The maximum absolute atomic E-state index is 12.6. The summed E-state index contributed by atoms with van der Waals surface area (Å²) in [7, 11) is 0. The van der Waals surface area contributed by atoms with Gasteiger partial charge in [-0.1, -0.05) is 6.92 Å². The van der Waals surface area contributed by atoms with Crippen LogP contribution in [0.25, 0.3) is 0 Å². The van der Waals surface area contributed by atoms with E-state index in [0.717, 1.165) is 38.4 Å². The van der Waals surface area contributed by atoms with Gasteiger partial charge in [0.05, 0.1) is 5.41 Å². The molecule has 5 nitrogen and oxygen atoms in total. The maximum atomic E-state index is 12.6. The third-order valence-corrected chi connectivity index (χ3v) is 4.97. The Morgan fingerprint density at radius 1 is 1.48 bits per heavy atom. The predicted molar refractivity (Wildman–Crippen MR) is 84.0 cm³/mol. The highest BCUT2D eigenvalue weighted by atomic mass is 16.5. The zero-order chi connectivity index (χ0) is 15.3. The molecule has 2 aliphatic heterocycles. The highest BCUT2D eigenvalue weighted by Gasteiger charge is 2.39. The van der Waals surface area contributed by atoms with Gasteiger partial charge in [0.1, 0.15) is 0 Å². The minimum atomic E-state index is -0.415. The average molecular weight is 297 g/mol. The number of likely N-dealkylation sites (tertiary alicyclic amines) is 1. The van der Waals surface area contributed by atoms with Crippen molar-refractivity contribution < 1.29 is 9.53 Å². The standard InChI is InChI=1S/C16H31N3O2/c1-13-4-3-7-19(10-13)11-14(2)18-15(20)16(12-17)5-8-21-9-6-16/h13-14H,3-12,17H2,1-2H3,(H,18,20). The van der Waals surface area contributed by atoms with Crippen LogP contribution in [0.4, 0.5) is 0 Å². The van der Waals surface area contributed by atoms with E-state index in [1.165, 1.54) is 12.8 Å². The van der Waals surface area contributed by atoms with Crippen LogP contribution in [0.2, 0.25) is 0 Å². The summed E-state index contributed by atoms with van der Waals surface area (Å²) < 4.78 is 5.37. The van der Waals surface area contributed by atoms with Crippen molar-refractivity contribution in [2.75, 3.05) is 39.4 Å². The van der Waals surface area contributed by atoms with E-state index in [-0.39, 0.29) is 11.9 Å². The second-order valence-corrected chi connectivity index (χ2v) is 6.98. The molecular weight excluding hydrogens is 266 g/mol. The lowest BCUT2D eigenvalue weighted by molar-refractivity contribution is -0.136. The van der Waals surface area contributed by atoms with E-state index in [1.54, 1.807) is 0 Å². The van der Waals surface area contributed by atoms with Crippen LogP contribution in [0.5, 0.6) is 0 Å². The molecule has 21 heavy (non-hydrogen) atoms. The number of hydrogen-bond donors (Lipinski definition) is 2. The van der Waals surface area contributed by atoms with Crippen molar-refractivity contribution in [1.29, 1.82) is 0 Å². The Morgan fingerprint density at radius 3 is 2.81 bits per heavy atom. The van der Waals surface area contributed by atoms with Crippen LogP contribution in [0, 0.1) is 11.3 Å². The molecule has 0 radical (unpaired) electrons. The molecule has 0 saturated carbocycles. The predicted octanol–water partition coefficient (Wildman–Crippen LogP) is 0.979.